The molecule has 0 atom stereocenters. The largest absolute Gasteiger partial charge is 0.478 e. The van der Waals surface area contributed by atoms with Crippen LogP contribution in [-0.4, -0.2) is 17.0 Å². The van der Waals surface area contributed by atoms with Crippen molar-refractivity contribution in [1.29, 1.82) is 0 Å². The van der Waals surface area contributed by atoms with Gasteiger partial charge < -0.3 is 10.4 Å². The Bertz CT molecular complexity index is 725. The van der Waals surface area contributed by atoms with Gasteiger partial charge >= 0.3 is 5.97 Å². The molecule has 2 aromatic carbocycles. The number of carbonyl (C=O) groups is 2. The molecule has 0 unspecified atom stereocenters. The quantitative estimate of drug-likeness (QED) is 0.881. The van der Waals surface area contributed by atoms with E-state index in [9.17, 15) is 14.7 Å². The van der Waals surface area contributed by atoms with Crippen molar-refractivity contribution >= 4 is 33.5 Å². The summed E-state index contributed by atoms with van der Waals surface area (Å²) in [6, 6.07) is 10.1. The van der Waals surface area contributed by atoms with E-state index in [1.54, 1.807) is 37.3 Å². The molecule has 1 amide bonds. The summed E-state index contributed by atoms with van der Waals surface area (Å²) in [6.07, 6.45) is 0. The monoisotopic (exact) mass is 347 g/mol. The van der Waals surface area contributed by atoms with Gasteiger partial charge in [0.2, 0.25) is 0 Å². The van der Waals surface area contributed by atoms with Gasteiger partial charge in [0.1, 0.15) is 0 Å². The average Bonchev–Trinajstić information content (AvgIpc) is 2.43. The highest BCUT2D eigenvalue weighted by atomic mass is 79.9. The Hall–Kier alpha value is -2.14. The van der Waals surface area contributed by atoms with Crippen molar-refractivity contribution in [3.63, 3.8) is 0 Å². The van der Waals surface area contributed by atoms with Crippen LogP contribution in [0.15, 0.2) is 40.9 Å². The SMILES string of the molecule is Cc1cc(C(=O)Nc2c(C)cccc2C(=O)O)ccc1Br. The Morgan fingerprint density at radius 3 is 2.43 bits per heavy atom. The second-order valence-electron chi connectivity index (χ2n) is 4.72. The number of aryl methyl sites for hydroxylation is 2. The van der Waals surface area contributed by atoms with Gasteiger partial charge in [0.15, 0.2) is 0 Å². The zero-order chi connectivity index (χ0) is 15.6. The lowest BCUT2D eigenvalue weighted by molar-refractivity contribution is 0.0698. The summed E-state index contributed by atoms with van der Waals surface area (Å²) >= 11 is 3.38. The van der Waals surface area contributed by atoms with Gasteiger partial charge in [0.25, 0.3) is 5.91 Å². The summed E-state index contributed by atoms with van der Waals surface area (Å²) in [5.74, 6) is -1.40. The number of rotatable bonds is 3. The van der Waals surface area contributed by atoms with Gasteiger partial charge in [-0.2, -0.15) is 0 Å². The number of hydrogen-bond donors (Lipinski definition) is 2. The van der Waals surface area contributed by atoms with E-state index in [1.165, 1.54) is 6.07 Å². The van der Waals surface area contributed by atoms with Crippen LogP contribution in [0.1, 0.15) is 31.8 Å². The molecule has 2 N–H and O–H groups in total. The minimum Gasteiger partial charge on any atom is -0.478 e. The van der Waals surface area contributed by atoms with E-state index in [4.69, 9.17) is 0 Å². The molecule has 0 saturated heterocycles. The first kappa shape index (κ1) is 15.3. The van der Waals surface area contributed by atoms with Crippen LogP contribution in [0.3, 0.4) is 0 Å². The second kappa shape index (κ2) is 6.10. The van der Waals surface area contributed by atoms with Crippen molar-refractivity contribution in [1.82, 2.24) is 0 Å². The number of carboxylic acids is 1. The third-order valence-corrected chi connectivity index (χ3v) is 4.05. The highest BCUT2D eigenvalue weighted by Crippen LogP contribution is 2.22. The molecule has 21 heavy (non-hydrogen) atoms. The van der Waals surface area contributed by atoms with Crippen molar-refractivity contribution in [2.75, 3.05) is 5.32 Å². The first-order valence-corrected chi connectivity index (χ1v) is 7.10. The van der Waals surface area contributed by atoms with Crippen LogP contribution in [0.2, 0.25) is 0 Å². The molecule has 108 valence electrons. The molecule has 0 bridgehead atoms. The smallest absolute Gasteiger partial charge is 0.337 e. The third-order valence-electron chi connectivity index (χ3n) is 3.16. The number of carboxylic acid groups (broad SMARTS) is 1. The zero-order valence-corrected chi connectivity index (χ0v) is 13.2. The Morgan fingerprint density at radius 2 is 1.81 bits per heavy atom. The van der Waals surface area contributed by atoms with Crippen molar-refractivity contribution in [2.24, 2.45) is 0 Å². The summed E-state index contributed by atoms with van der Waals surface area (Å²) in [5.41, 5.74) is 2.53. The number of benzene rings is 2. The van der Waals surface area contributed by atoms with Crippen molar-refractivity contribution in [2.45, 2.75) is 13.8 Å². The molecule has 0 aliphatic rings. The number of anilines is 1. The number of para-hydroxylation sites is 1. The maximum atomic E-state index is 12.3. The molecule has 5 heteroatoms. The molecule has 2 rings (SSSR count). The van der Waals surface area contributed by atoms with Crippen LogP contribution >= 0.6 is 15.9 Å². The minimum atomic E-state index is -1.07. The summed E-state index contributed by atoms with van der Waals surface area (Å²) in [5, 5.41) is 11.9. The summed E-state index contributed by atoms with van der Waals surface area (Å²) < 4.78 is 0.918. The topological polar surface area (TPSA) is 66.4 Å². The van der Waals surface area contributed by atoms with E-state index in [2.05, 4.69) is 21.2 Å². The molecule has 0 spiro atoms. The molecule has 0 aliphatic carbocycles. The van der Waals surface area contributed by atoms with Gasteiger partial charge in [0.05, 0.1) is 11.3 Å². The van der Waals surface area contributed by atoms with E-state index >= 15 is 0 Å². The van der Waals surface area contributed by atoms with Crippen LogP contribution < -0.4 is 5.32 Å². The first-order valence-electron chi connectivity index (χ1n) is 6.30. The molecule has 2 aromatic rings. The predicted molar refractivity (Wildman–Crippen MR) is 85.0 cm³/mol. The Balaban J connectivity index is 2.36. The zero-order valence-electron chi connectivity index (χ0n) is 11.6. The van der Waals surface area contributed by atoms with Crippen LogP contribution in [0.25, 0.3) is 0 Å². The Morgan fingerprint density at radius 1 is 1.10 bits per heavy atom. The molecular formula is C16H14BrNO3. The van der Waals surface area contributed by atoms with E-state index in [0.717, 1.165) is 10.0 Å². The van der Waals surface area contributed by atoms with Crippen LogP contribution in [0, 0.1) is 13.8 Å². The maximum Gasteiger partial charge on any atom is 0.337 e. The van der Waals surface area contributed by atoms with Crippen LogP contribution in [-0.2, 0) is 0 Å². The highest BCUT2D eigenvalue weighted by molar-refractivity contribution is 9.10. The average molecular weight is 348 g/mol. The van der Waals surface area contributed by atoms with Gasteiger partial charge in [-0.05, 0) is 49.2 Å². The van der Waals surface area contributed by atoms with Gasteiger partial charge in [-0.15, -0.1) is 0 Å². The Labute approximate surface area is 130 Å². The van der Waals surface area contributed by atoms with Gasteiger partial charge in [0, 0.05) is 10.0 Å². The number of carbonyl (C=O) groups excluding carboxylic acids is 1. The number of halogens is 1. The second-order valence-corrected chi connectivity index (χ2v) is 5.58. The fraction of sp³-hybridized carbons (Fsp3) is 0.125. The fourth-order valence-corrected chi connectivity index (χ4v) is 2.23. The first-order chi connectivity index (χ1) is 9.90. The predicted octanol–water partition coefficient (Wildman–Crippen LogP) is 4.02. The Kier molecular flexibility index (Phi) is 4.43. The molecule has 0 saturated carbocycles. The lowest BCUT2D eigenvalue weighted by atomic mass is 10.1. The summed E-state index contributed by atoms with van der Waals surface area (Å²) in [6.45, 7) is 3.65. The van der Waals surface area contributed by atoms with Crippen molar-refractivity contribution in [3.8, 4) is 0 Å². The minimum absolute atomic E-state index is 0.0807. The molecule has 0 heterocycles. The third kappa shape index (κ3) is 3.31. The normalized spacial score (nSPS) is 10.2. The van der Waals surface area contributed by atoms with E-state index in [-0.39, 0.29) is 11.5 Å². The van der Waals surface area contributed by atoms with E-state index in [0.29, 0.717) is 16.8 Å². The standard InChI is InChI=1S/C16H14BrNO3/c1-9-4-3-5-12(16(20)21)14(9)18-15(19)11-6-7-13(17)10(2)8-11/h3-8H,1-2H3,(H,18,19)(H,20,21). The van der Waals surface area contributed by atoms with Gasteiger partial charge in [-0.1, -0.05) is 28.1 Å². The molecule has 0 aromatic heterocycles. The van der Waals surface area contributed by atoms with Crippen LogP contribution in [0.4, 0.5) is 5.69 Å². The summed E-state index contributed by atoms with van der Waals surface area (Å²) in [7, 11) is 0. The fourth-order valence-electron chi connectivity index (χ4n) is 1.98. The molecular weight excluding hydrogens is 334 g/mol. The summed E-state index contributed by atoms with van der Waals surface area (Å²) in [4.78, 5) is 23.5. The molecule has 4 nitrogen and oxygen atoms in total. The van der Waals surface area contributed by atoms with Gasteiger partial charge in [-0.3, -0.25) is 4.79 Å². The number of nitrogens with one attached hydrogen (secondary N) is 1. The number of hydrogen-bond acceptors (Lipinski definition) is 2. The van der Waals surface area contributed by atoms with E-state index in [1.807, 2.05) is 6.92 Å². The van der Waals surface area contributed by atoms with Crippen LogP contribution in [0.5, 0.6) is 0 Å². The maximum absolute atomic E-state index is 12.3. The van der Waals surface area contributed by atoms with Crippen molar-refractivity contribution in [3.05, 3.63) is 63.1 Å². The van der Waals surface area contributed by atoms with Crippen molar-refractivity contribution < 1.29 is 14.7 Å². The highest BCUT2D eigenvalue weighted by Gasteiger charge is 2.15. The van der Waals surface area contributed by atoms with E-state index < -0.39 is 5.97 Å². The molecule has 0 radical (unpaired) electrons. The van der Waals surface area contributed by atoms with Gasteiger partial charge in [-0.25, -0.2) is 4.79 Å². The number of amides is 1. The number of aromatic carboxylic acids is 1. The molecule has 0 fully saturated rings. The lowest BCUT2D eigenvalue weighted by Gasteiger charge is -2.12. The molecule has 0 aliphatic heterocycles. The lowest BCUT2D eigenvalue weighted by Crippen LogP contribution is -2.16.